The van der Waals surface area contributed by atoms with Gasteiger partial charge in [-0.25, -0.2) is 0 Å². The molecular formula is C14H23O3P. The van der Waals surface area contributed by atoms with E-state index in [1.165, 1.54) is 12.8 Å². The Hall–Kier alpha value is -0.630. The molecule has 102 valence electrons. The van der Waals surface area contributed by atoms with Crippen LogP contribution in [0.2, 0.25) is 0 Å². The van der Waals surface area contributed by atoms with Crippen molar-refractivity contribution < 1.29 is 13.9 Å². The van der Waals surface area contributed by atoms with E-state index in [-0.39, 0.29) is 0 Å². The largest absolute Gasteiger partial charge is 0.427 e. The Kier molecular flexibility index (Phi) is 7.99. The first kappa shape index (κ1) is 15.4. The Morgan fingerprint density at radius 1 is 1.11 bits per heavy atom. The predicted molar refractivity (Wildman–Crippen MR) is 75.5 cm³/mol. The minimum atomic E-state index is -1.79. The van der Waals surface area contributed by atoms with Crippen LogP contribution < -0.4 is 4.52 Å². The van der Waals surface area contributed by atoms with Crippen molar-refractivity contribution in [3.8, 4) is 5.75 Å². The van der Waals surface area contributed by atoms with Gasteiger partial charge in [-0.1, -0.05) is 51.3 Å². The highest BCUT2D eigenvalue weighted by atomic mass is 31.2. The van der Waals surface area contributed by atoms with E-state index in [0.29, 0.717) is 12.4 Å². The van der Waals surface area contributed by atoms with Crippen molar-refractivity contribution in [1.29, 1.82) is 0 Å². The molecule has 0 spiro atoms. The Bertz CT molecular complexity index is 303. The predicted octanol–water partition coefficient (Wildman–Crippen LogP) is 4.52. The van der Waals surface area contributed by atoms with Crippen LogP contribution in [-0.4, -0.2) is 11.5 Å². The van der Waals surface area contributed by atoms with Gasteiger partial charge >= 0.3 is 8.60 Å². The summed E-state index contributed by atoms with van der Waals surface area (Å²) < 4.78 is 10.5. The second-order valence-corrected chi connectivity index (χ2v) is 5.64. The van der Waals surface area contributed by atoms with E-state index in [1.807, 2.05) is 18.2 Å². The third-order valence-corrected chi connectivity index (χ3v) is 3.32. The van der Waals surface area contributed by atoms with Crippen molar-refractivity contribution in [3.05, 3.63) is 30.3 Å². The smallest absolute Gasteiger partial charge is 0.394 e. The van der Waals surface area contributed by atoms with Crippen molar-refractivity contribution in [3.63, 3.8) is 0 Å². The van der Waals surface area contributed by atoms with Crippen molar-refractivity contribution in [2.45, 2.75) is 39.5 Å². The van der Waals surface area contributed by atoms with E-state index in [0.717, 1.165) is 18.8 Å². The third-order valence-electron chi connectivity index (χ3n) is 2.55. The first-order valence-electron chi connectivity index (χ1n) is 6.53. The molecule has 0 aromatic heterocycles. The lowest BCUT2D eigenvalue weighted by Crippen LogP contribution is -1.95. The number of para-hydroxylation sites is 1. The summed E-state index contributed by atoms with van der Waals surface area (Å²) in [5, 5.41) is 0. The summed E-state index contributed by atoms with van der Waals surface area (Å²) in [6.07, 6.45) is 4.61. The van der Waals surface area contributed by atoms with Crippen LogP contribution in [0.5, 0.6) is 5.75 Å². The maximum Gasteiger partial charge on any atom is 0.394 e. The van der Waals surface area contributed by atoms with E-state index in [1.54, 1.807) is 12.1 Å². The lowest BCUT2D eigenvalue weighted by Gasteiger charge is -2.11. The van der Waals surface area contributed by atoms with Crippen LogP contribution in [-0.2, 0) is 4.52 Å². The first-order valence-corrected chi connectivity index (χ1v) is 7.66. The Labute approximate surface area is 111 Å². The molecule has 0 aliphatic carbocycles. The Balaban J connectivity index is 2.02. The van der Waals surface area contributed by atoms with Gasteiger partial charge < -0.3 is 13.9 Å². The molecular weight excluding hydrogens is 247 g/mol. The molecule has 0 aliphatic rings. The van der Waals surface area contributed by atoms with Crippen LogP contribution in [0.1, 0.15) is 39.5 Å². The zero-order valence-electron chi connectivity index (χ0n) is 11.2. The van der Waals surface area contributed by atoms with E-state index in [9.17, 15) is 4.89 Å². The summed E-state index contributed by atoms with van der Waals surface area (Å²) in [5.41, 5.74) is 0. The number of unbranched alkanes of at least 4 members (excludes halogenated alkanes) is 2. The first-order chi connectivity index (χ1) is 8.68. The molecule has 0 amide bonds. The average molecular weight is 270 g/mol. The van der Waals surface area contributed by atoms with E-state index in [4.69, 9.17) is 9.05 Å². The third kappa shape index (κ3) is 7.65. The second kappa shape index (κ2) is 9.32. The highest BCUT2D eigenvalue weighted by Crippen LogP contribution is 2.34. The van der Waals surface area contributed by atoms with E-state index >= 15 is 0 Å². The average Bonchev–Trinajstić information content (AvgIpc) is 2.34. The molecule has 1 N–H and O–H groups in total. The van der Waals surface area contributed by atoms with Crippen LogP contribution in [0.25, 0.3) is 0 Å². The van der Waals surface area contributed by atoms with Gasteiger partial charge in [0.1, 0.15) is 5.75 Å². The lowest BCUT2D eigenvalue weighted by atomic mass is 10.1. The number of rotatable bonds is 9. The topological polar surface area (TPSA) is 38.7 Å². The monoisotopic (exact) mass is 270 g/mol. The fraction of sp³-hybridized carbons (Fsp3) is 0.571. The molecule has 1 aromatic carbocycles. The number of benzene rings is 1. The van der Waals surface area contributed by atoms with Gasteiger partial charge in [0.25, 0.3) is 0 Å². The quantitative estimate of drug-likeness (QED) is 0.529. The highest BCUT2D eigenvalue weighted by molar-refractivity contribution is 7.41. The molecule has 1 unspecified atom stereocenters. The summed E-state index contributed by atoms with van der Waals surface area (Å²) in [5.74, 6) is 1.41. The maximum absolute atomic E-state index is 9.57. The SMILES string of the molecule is CC(C)CCCCCOP(O)Oc1ccccc1. The number of hydrogen-bond donors (Lipinski definition) is 1. The normalized spacial score (nSPS) is 12.7. The van der Waals surface area contributed by atoms with Crippen LogP contribution in [0, 0.1) is 5.92 Å². The number of hydrogen-bond acceptors (Lipinski definition) is 3. The summed E-state index contributed by atoms with van der Waals surface area (Å²) >= 11 is 0. The van der Waals surface area contributed by atoms with Crippen LogP contribution in [0.3, 0.4) is 0 Å². The molecule has 0 aliphatic heterocycles. The van der Waals surface area contributed by atoms with Gasteiger partial charge in [0.05, 0.1) is 6.61 Å². The van der Waals surface area contributed by atoms with E-state index in [2.05, 4.69) is 13.8 Å². The summed E-state index contributed by atoms with van der Waals surface area (Å²) in [7, 11) is -1.79. The van der Waals surface area contributed by atoms with Crippen LogP contribution >= 0.6 is 8.60 Å². The molecule has 0 saturated heterocycles. The fourth-order valence-electron chi connectivity index (χ4n) is 1.57. The van der Waals surface area contributed by atoms with Crippen molar-refractivity contribution in [1.82, 2.24) is 0 Å². The molecule has 4 heteroatoms. The zero-order chi connectivity index (χ0) is 13.2. The zero-order valence-corrected chi connectivity index (χ0v) is 12.1. The molecule has 18 heavy (non-hydrogen) atoms. The highest BCUT2D eigenvalue weighted by Gasteiger charge is 2.08. The summed E-state index contributed by atoms with van der Waals surface area (Å²) in [4.78, 5) is 9.57. The molecule has 1 atom stereocenters. The summed E-state index contributed by atoms with van der Waals surface area (Å²) in [6, 6.07) is 9.24. The Morgan fingerprint density at radius 3 is 2.50 bits per heavy atom. The van der Waals surface area contributed by atoms with Gasteiger partial charge in [-0.3, -0.25) is 0 Å². The molecule has 0 bridgehead atoms. The second-order valence-electron chi connectivity index (χ2n) is 4.72. The molecule has 0 saturated carbocycles. The lowest BCUT2D eigenvalue weighted by molar-refractivity contribution is 0.253. The van der Waals surface area contributed by atoms with Crippen LogP contribution in [0.4, 0.5) is 0 Å². The minimum absolute atomic E-state index is 0.563. The molecule has 1 rings (SSSR count). The maximum atomic E-state index is 9.57. The molecule has 0 heterocycles. The van der Waals surface area contributed by atoms with Crippen molar-refractivity contribution in [2.24, 2.45) is 5.92 Å². The van der Waals surface area contributed by atoms with Gasteiger partial charge in [-0.05, 0) is 24.5 Å². The van der Waals surface area contributed by atoms with Gasteiger partial charge in [0.2, 0.25) is 0 Å². The van der Waals surface area contributed by atoms with Gasteiger partial charge in [0, 0.05) is 0 Å². The molecule has 0 radical (unpaired) electrons. The minimum Gasteiger partial charge on any atom is -0.427 e. The molecule has 1 aromatic rings. The van der Waals surface area contributed by atoms with Gasteiger partial charge in [0.15, 0.2) is 0 Å². The molecule has 3 nitrogen and oxygen atoms in total. The van der Waals surface area contributed by atoms with Crippen molar-refractivity contribution in [2.75, 3.05) is 6.61 Å². The van der Waals surface area contributed by atoms with Gasteiger partial charge in [-0.15, -0.1) is 0 Å². The van der Waals surface area contributed by atoms with Gasteiger partial charge in [-0.2, -0.15) is 0 Å². The fourth-order valence-corrected chi connectivity index (χ4v) is 2.21. The van der Waals surface area contributed by atoms with E-state index < -0.39 is 8.60 Å². The van der Waals surface area contributed by atoms with Crippen LogP contribution in [0.15, 0.2) is 30.3 Å². The summed E-state index contributed by atoms with van der Waals surface area (Å²) in [6.45, 7) is 5.03. The standard InChI is InChI=1S/C14H23O3P/c1-13(2)9-5-4-8-12-16-18(15)17-14-10-6-3-7-11-14/h3,6-7,10-11,13,15H,4-5,8-9,12H2,1-2H3. The Morgan fingerprint density at radius 2 is 1.83 bits per heavy atom. The molecule has 0 fully saturated rings. The van der Waals surface area contributed by atoms with Crippen molar-refractivity contribution >= 4 is 8.60 Å².